The molecule has 4 rings (SSSR count). The van der Waals surface area contributed by atoms with Gasteiger partial charge in [-0.3, -0.25) is 0 Å². The van der Waals surface area contributed by atoms with Crippen LogP contribution in [0.15, 0.2) is 36.4 Å². The Bertz CT molecular complexity index is 1070. The van der Waals surface area contributed by atoms with Gasteiger partial charge in [-0.1, -0.05) is 18.2 Å². The zero-order valence-electron chi connectivity index (χ0n) is 18.2. The average Bonchev–Trinajstić information content (AvgIpc) is 3.32. The average molecular weight is 419 g/mol. The van der Waals surface area contributed by atoms with Gasteiger partial charge in [-0.05, 0) is 50.9 Å². The number of ether oxygens (including phenoxy) is 2. The number of pyridine rings is 1. The second kappa shape index (κ2) is 10.3. The molecular formula is C25H30N4O2. The van der Waals surface area contributed by atoms with Gasteiger partial charge in [0.05, 0.1) is 36.5 Å². The van der Waals surface area contributed by atoms with Crippen LogP contribution in [0.25, 0.3) is 21.8 Å². The number of nitriles is 1. The number of benzene rings is 2. The SMILES string of the molecule is COc1cc2c(NCCCC#N)c3ccccc3nc2cc1OCCCN1CCCC1. The van der Waals surface area contributed by atoms with Gasteiger partial charge in [0, 0.05) is 36.3 Å². The molecule has 1 aliphatic rings. The zero-order valence-corrected chi connectivity index (χ0v) is 18.2. The molecule has 1 aromatic heterocycles. The monoisotopic (exact) mass is 418 g/mol. The van der Waals surface area contributed by atoms with Crippen LogP contribution in [0, 0.1) is 11.3 Å². The van der Waals surface area contributed by atoms with E-state index in [-0.39, 0.29) is 0 Å². The number of likely N-dealkylation sites (tertiary alicyclic amines) is 1. The smallest absolute Gasteiger partial charge is 0.163 e. The van der Waals surface area contributed by atoms with Crippen molar-refractivity contribution in [3.63, 3.8) is 0 Å². The summed E-state index contributed by atoms with van der Waals surface area (Å²) in [5.74, 6) is 1.44. The number of nitrogens with one attached hydrogen (secondary N) is 1. The van der Waals surface area contributed by atoms with E-state index in [1.807, 2.05) is 30.3 Å². The lowest BCUT2D eigenvalue weighted by Gasteiger charge is -2.17. The molecule has 3 aromatic rings. The van der Waals surface area contributed by atoms with Crippen molar-refractivity contribution in [2.75, 3.05) is 45.2 Å². The minimum absolute atomic E-state index is 0.534. The quantitative estimate of drug-likeness (QED) is 0.370. The Labute approximate surface area is 183 Å². The fourth-order valence-electron chi connectivity index (χ4n) is 4.22. The third kappa shape index (κ3) is 5.00. The number of rotatable bonds is 10. The van der Waals surface area contributed by atoms with Gasteiger partial charge in [-0.2, -0.15) is 5.26 Å². The van der Waals surface area contributed by atoms with Crippen LogP contribution < -0.4 is 14.8 Å². The zero-order chi connectivity index (χ0) is 21.5. The summed E-state index contributed by atoms with van der Waals surface area (Å²) in [7, 11) is 1.67. The number of aromatic nitrogens is 1. The van der Waals surface area contributed by atoms with E-state index < -0.39 is 0 Å². The molecule has 2 aromatic carbocycles. The lowest BCUT2D eigenvalue weighted by molar-refractivity contribution is 0.254. The molecule has 0 bridgehead atoms. The number of anilines is 1. The Morgan fingerprint density at radius 3 is 2.71 bits per heavy atom. The Hall–Kier alpha value is -3.04. The molecule has 31 heavy (non-hydrogen) atoms. The summed E-state index contributed by atoms with van der Waals surface area (Å²) in [4.78, 5) is 7.37. The number of fused-ring (bicyclic) bond motifs is 2. The van der Waals surface area contributed by atoms with E-state index in [1.54, 1.807) is 7.11 Å². The van der Waals surface area contributed by atoms with Crippen LogP contribution in [0.1, 0.15) is 32.1 Å². The Balaban J connectivity index is 1.60. The molecule has 6 nitrogen and oxygen atoms in total. The first kappa shape index (κ1) is 21.2. The molecular weight excluding hydrogens is 388 g/mol. The molecule has 0 radical (unpaired) electrons. The number of nitrogens with zero attached hydrogens (tertiary/aromatic N) is 3. The largest absolute Gasteiger partial charge is 0.493 e. The summed E-state index contributed by atoms with van der Waals surface area (Å²) in [5, 5.41) is 14.4. The number of para-hydroxylation sites is 1. The van der Waals surface area contributed by atoms with Crippen molar-refractivity contribution in [2.24, 2.45) is 0 Å². The third-order valence-electron chi connectivity index (χ3n) is 5.81. The maximum absolute atomic E-state index is 8.84. The van der Waals surface area contributed by atoms with Crippen molar-refractivity contribution in [3.05, 3.63) is 36.4 Å². The van der Waals surface area contributed by atoms with E-state index in [1.165, 1.54) is 25.9 Å². The van der Waals surface area contributed by atoms with Crippen LogP contribution in [0.2, 0.25) is 0 Å². The van der Waals surface area contributed by atoms with Crippen molar-refractivity contribution in [3.8, 4) is 17.6 Å². The summed E-state index contributed by atoms with van der Waals surface area (Å²) < 4.78 is 11.8. The highest BCUT2D eigenvalue weighted by Crippen LogP contribution is 2.38. The fraction of sp³-hybridized carbons (Fsp3) is 0.440. The minimum Gasteiger partial charge on any atom is -0.493 e. The van der Waals surface area contributed by atoms with Crippen molar-refractivity contribution in [1.29, 1.82) is 5.26 Å². The molecule has 0 aliphatic carbocycles. The Kier molecular flexibility index (Phi) is 7.06. The lowest BCUT2D eigenvalue weighted by Crippen LogP contribution is -2.21. The van der Waals surface area contributed by atoms with Crippen LogP contribution in [-0.2, 0) is 0 Å². The van der Waals surface area contributed by atoms with E-state index in [9.17, 15) is 0 Å². The van der Waals surface area contributed by atoms with E-state index >= 15 is 0 Å². The molecule has 0 unspecified atom stereocenters. The predicted octanol–water partition coefficient (Wildman–Crippen LogP) is 4.98. The number of hydrogen-bond acceptors (Lipinski definition) is 6. The summed E-state index contributed by atoms with van der Waals surface area (Å²) in [6, 6.07) is 14.3. The normalized spacial score (nSPS) is 14.1. The number of hydrogen-bond donors (Lipinski definition) is 1. The Morgan fingerprint density at radius 2 is 1.90 bits per heavy atom. The third-order valence-corrected chi connectivity index (χ3v) is 5.81. The topological polar surface area (TPSA) is 70.4 Å². The molecule has 1 fully saturated rings. The van der Waals surface area contributed by atoms with Crippen molar-refractivity contribution in [1.82, 2.24) is 9.88 Å². The van der Waals surface area contributed by atoms with Gasteiger partial charge in [0.15, 0.2) is 11.5 Å². The summed E-state index contributed by atoms with van der Waals surface area (Å²) in [6.07, 6.45) is 4.95. The summed E-state index contributed by atoms with van der Waals surface area (Å²) >= 11 is 0. The maximum Gasteiger partial charge on any atom is 0.163 e. The van der Waals surface area contributed by atoms with Gasteiger partial charge in [0.1, 0.15) is 0 Å². The molecule has 2 heterocycles. The van der Waals surface area contributed by atoms with Crippen LogP contribution in [-0.4, -0.2) is 49.8 Å². The van der Waals surface area contributed by atoms with Crippen molar-refractivity contribution < 1.29 is 9.47 Å². The molecule has 0 saturated carbocycles. The van der Waals surface area contributed by atoms with E-state index in [0.29, 0.717) is 18.8 Å². The molecule has 6 heteroatoms. The summed E-state index contributed by atoms with van der Waals surface area (Å²) in [6.45, 7) is 4.88. The van der Waals surface area contributed by atoms with Gasteiger partial charge in [-0.15, -0.1) is 0 Å². The molecule has 1 saturated heterocycles. The molecule has 1 N–H and O–H groups in total. The van der Waals surface area contributed by atoms with Crippen LogP contribution in [0.4, 0.5) is 5.69 Å². The van der Waals surface area contributed by atoms with Gasteiger partial charge in [-0.25, -0.2) is 4.98 Å². The number of methoxy groups -OCH3 is 1. The van der Waals surface area contributed by atoms with Crippen molar-refractivity contribution >= 4 is 27.5 Å². The first-order valence-corrected chi connectivity index (χ1v) is 11.2. The molecule has 1 aliphatic heterocycles. The van der Waals surface area contributed by atoms with Gasteiger partial charge >= 0.3 is 0 Å². The van der Waals surface area contributed by atoms with Gasteiger partial charge < -0.3 is 19.7 Å². The fourth-order valence-corrected chi connectivity index (χ4v) is 4.22. The first-order chi connectivity index (χ1) is 15.3. The van der Waals surface area contributed by atoms with Crippen LogP contribution >= 0.6 is 0 Å². The van der Waals surface area contributed by atoms with Crippen LogP contribution in [0.3, 0.4) is 0 Å². The lowest BCUT2D eigenvalue weighted by atomic mass is 10.1. The molecule has 0 atom stereocenters. The minimum atomic E-state index is 0.534. The first-order valence-electron chi connectivity index (χ1n) is 11.2. The van der Waals surface area contributed by atoms with Crippen LogP contribution in [0.5, 0.6) is 11.5 Å². The van der Waals surface area contributed by atoms with E-state index in [4.69, 9.17) is 19.7 Å². The highest BCUT2D eigenvalue weighted by Gasteiger charge is 2.15. The van der Waals surface area contributed by atoms with Gasteiger partial charge in [0.2, 0.25) is 0 Å². The second-order valence-electron chi connectivity index (χ2n) is 7.96. The summed E-state index contributed by atoms with van der Waals surface area (Å²) in [5.41, 5.74) is 2.83. The highest BCUT2D eigenvalue weighted by molar-refractivity contribution is 6.08. The standard InChI is InChI=1S/C25H30N4O2/c1-30-23-17-20-22(18-24(23)31-16-8-15-29-13-6-7-14-29)28-21-10-3-2-9-19(21)25(20)27-12-5-4-11-26/h2-3,9-10,17-18H,4-8,12-16H2,1H3,(H,27,28). The van der Waals surface area contributed by atoms with E-state index in [2.05, 4.69) is 22.4 Å². The highest BCUT2D eigenvalue weighted by atomic mass is 16.5. The van der Waals surface area contributed by atoms with Crippen molar-refractivity contribution in [2.45, 2.75) is 32.1 Å². The molecule has 0 amide bonds. The second-order valence-corrected chi connectivity index (χ2v) is 7.96. The molecule has 0 spiro atoms. The molecule has 162 valence electrons. The predicted molar refractivity (Wildman–Crippen MR) is 125 cm³/mol. The maximum atomic E-state index is 8.84. The Morgan fingerprint density at radius 1 is 1.06 bits per heavy atom. The van der Waals surface area contributed by atoms with E-state index in [0.717, 1.165) is 59.2 Å². The number of unbranched alkanes of at least 4 members (excludes halogenated alkanes) is 1. The van der Waals surface area contributed by atoms with Gasteiger partial charge in [0.25, 0.3) is 0 Å².